The Labute approximate surface area is 296 Å². The van der Waals surface area contributed by atoms with Gasteiger partial charge in [0.05, 0.1) is 31.8 Å². The van der Waals surface area contributed by atoms with E-state index in [0.29, 0.717) is 0 Å². The van der Waals surface area contributed by atoms with Crippen LogP contribution in [0.3, 0.4) is 0 Å². The number of rotatable bonds is 17. The quantitative estimate of drug-likeness (QED) is 0.0764. The van der Waals surface area contributed by atoms with Crippen LogP contribution >= 0.6 is 34.0 Å². The van der Waals surface area contributed by atoms with Crippen molar-refractivity contribution in [1.82, 2.24) is 19.9 Å². The average Bonchev–Trinajstić information content (AvgIpc) is 3.94. The third-order valence-corrected chi connectivity index (χ3v) is 13.0. The van der Waals surface area contributed by atoms with E-state index in [1.54, 1.807) is 0 Å². The van der Waals surface area contributed by atoms with Gasteiger partial charge in [-0.05, 0) is 80.3 Å². The summed E-state index contributed by atoms with van der Waals surface area (Å²) >= 11 is 5.82. The van der Waals surface area contributed by atoms with Gasteiger partial charge in [-0.3, -0.25) is 9.97 Å². The Bertz CT molecular complexity index is 1950. The summed E-state index contributed by atoms with van der Waals surface area (Å²) in [6.07, 6.45) is 22.1. The van der Waals surface area contributed by atoms with Crippen molar-refractivity contribution >= 4 is 66.8 Å². The molecule has 0 spiro atoms. The first kappa shape index (κ1) is 33.1. The molecule has 0 aliphatic rings. The molecule has 1 N–H and O–H groups in total. The maximum atomic E-state index is 5.25. The minimum absolute atomic E-state index is 0.902. The molecule has 0 bridgehead atoms. The van der Waals surface area contributed by atoms with Gasteiger partial charge in [-0.15, -0.1) is 34.0 Å². The second kappa shape index (κ2) is 15.9. The van der Waals surface area contributed by atoms with Crippen LogP contribution in [0.25, 0.3) is 63.7 Å². The number of thiophene rings is 3. The molecule has 0 atom stereocenters. The molecule has 7 aromatic rings. The molecule has 6 aromatic heterocycles. The smallest absolute Gasteiger partial charge is 0.148 e. The van der Waals surface area contributed by atoms with E-state index in [1.165, 1.54) is 125 Å². The lowest BCUT2D eigenvalue weighted by molar-refractivity contribution is 0.609. The Hall–Kier alpha value is -3.39. The van der Waals surface area contributed by atoms with E-state index in [4.69, 9.17) is 15.0 Å². The van der Waals surface area contributed by atoms with Gasteiger partial charge in [-0.25, -0.2) is 4.98 Å². The van der Waals surface area contributed by atoms with Crippen LogP contribution in [-0.2, 0) is 12.8 Å². The largest absolute Gasteiger partial charge is 0.337 e. The number of hydrogen-bond acceptors (Lipinski definition) is 6. The van der Waals surface area contributed by atoms with Gasteiger partial charge in [0.25, 0.3) is 0 Å². The van der Waals surface area contributed by atoms with Crippen molar-refractivity contribution in [3.8, 4) is 30.9 Å². The summed E-state index contributed by atoms with van der Waals surface area (Å²) in [6, 6.07) is 20.1. The van der Waals surface area contributed by atoms with E-state index in [1.807, 2.05) is 58.5 Å². The highest BCUT2D eigenvalue weighted by atomic mass is 32.1. The van der Waals surface area contributed by atoms with E-state index in [2.05, 4.69) is 61.3 Å². The minimum Gasteiger partial charge on any atom is -0.337 e. The number of pyridine rings is 2. The number of nitrogens with one attached hydrogen (secondary N) is 1. The standard InChI is InChI=1S/C41H46N4S3/c1-3-5-7-9-11-13-17-28-21-23-33(46-28)32-27-35(48-40(32)34-24-22-29(47-34)18-14-12-10-8-6-4-2)41-44-38-30-19-15-25-42-36(30)37-31(39(38)45-41)20-16-26-43-37/h15-16,19-27H,3-14,17-18H2,1-2H3,(H,44,45). The van der Waals surface area contributed by atoms with Gasteiger partial charge < -0.3 is 4.98 Å². The van der Waals surface area contributed by atoms with Gasteiger partial charge in [0.2, 0.25) is 0 Å². The number of aromatic nitrogens is 4. The number of nitrogens with zero attached hydrogens (tertiary/aromatic N) is 3. The van der Waals surface area contributed by atoms with Crippen LogP contribution in [0.1, 0.15) is 101 Å². The fourth-order valence-electron chi connectivity index (χ4n) is 6.78. The molecule has 4 nitrogen and oxygen atoms in total. The third-order valence-electron chi connectivity index (χ3n) is 9.40. The summed E-state index contributed by atoms with van der Waals surface area (Å²) in [6.45, 7) is 4.58. The first-order valence-electron chi connectivity index (χ1n) is 18.1. The molecule has 0 amide bonds. The van der Waals surface area contributed by atoms with Gasteiger partial charge in [0, 0.05) is 48.2 Å². The highest BCUT2D eigenvalue weighted by Gasteiger charge is 2.21. The van der Waals surface area contributed by atoms with Crippen molar-refractivity contribution in [3.05, 3.63) is 76.7 Å². The third kappa shape index (κ3) is 7.29. The van der Waals surface area contributed by atoms with Crippen molar-refractivity contribution in [3.63, 3.8) is 0 Å². The molecule has 0 radical (unpaired) electrons. The second-order valence-electron chi connectivity index (χ2n) is 13.0. The molecule has 6 heterocycles. The van der Waals surface area contributed by atoms with Crippen LogP contribution in [0.2, 0.25) is 0 Å². The maximum absolute atomic E-state index is 5.25. The fourth-order valence-corrected chi connectivity index (χ4v) is 10.2. The summed E-state index contributed by atoms with van der Waals surface area (Å²) in [7, 11) is 0. The molecular weight excluding hydrogens is 645 g/mol. The number of aromatic amines is 1. The molecule has 0 saturated heterocycles. The predicted molar refractivity (Wildman–Crippen MR) is 211 cm³/mol. The van der Waals surface area contributed by atoms with E-state index in [-0.39, 0.29) is 0 Å². The Morgan fingerprint density at radius 1 is 0.562 bits per heavy atom. The Kier molecular flexibility index (Phi) is 11.0. The van der Waals surface area contributed by atoms with Gasteiger partial charge in [0.15, 0.2) is 0 Å². The van der Waals surface area contributed by atoms with E-state index in [9.17, 15) is 0 Å². The minimum atomic E-state index is 0.902. The summed E-state index contributed by atoms with van der Waals surface area (Å²) in [5.74, 6) is 0.914. The highest BCUT2D eigenvalue weighted by Crippen LogP contribution is 2.47. The van der Waals surface area contributed by atoms with Crippen molar-refractivity contribution < 1.29 is 0 Å². The van der Waals surface area contributed by atoms with Crippen LogP contribution in [0.5, 0.6) is 0 Å². The summed E-state index contributed by atoms with van der Waals surface area (Å²) in [4.78, 5) is 26.7. The predicted octanol–water partition coefficient (Wildman–Crippen LogP) is 13.7. The molecule has 0 fully saturated rings. The number of benzene rings is 1. The highest BCUT2D eigenvalue weighted by molar-refractivity contribution is 7.25. The second-order valence-corrected chi connectivity index (χ2v) is 16.4. The van der Waals surface area contributed by atoms with E-state index >= 15 is 0 Å². The number of fused-ring (bicyclic) bond motifs is 6. The normalized spacial score (nSPS) is 11.9. The molecule has 0 unspecified atom stereocenters. The SMILES string of the molecule is CCCCCCCCc1ccc(-c2cc(-c3nc4c5cccnc5c5ncccc5c4[nH]3)sc2-c2ccc(CCCCCCCC)s2)s1. The Morgan fingerprint density at radius 2 is 1.15 bits per heavy atom. The number of hydrogen-bond donors (Lipinski definition) is 1. The zero-order valence-electron chi connectivity index (χ0n) is 28.3. The molecule has 7 rings (SSSR count). The molecule has 0 aliphatic heterocycles. The first-order valence-corrected chi connectivity index (χ1v) is 20.5. The summed E-state index contributed by atoms with van der Waals surface area (Å²) in [5, 5.41) is 2.10. The van der Waals surface area contributed by atoms with Crippen molar-refractivity contribution in [2.24, 2.45) is 0 Å². The van der Waals surface area contributed by atoms with Gasteiger partial charge >= 0.3 is 0 Å². The van der Waals surface area contributed by atoms with Crippen LogP contribution in [0.15, 0.2) is 67.0 Å². The molecule has 0 aliphatic carbocycles. The maximum Gasteiger partial charge on any atom is 0.148 e. The lowest BCUT2D eigenvalue weighted by Gasteiger charge is -2.03. The Balaban J connectivity index is 1.22. The average molecular weight is 691 g/mol. The van der Waals surface area contributed by atoms with E-state index < -0.39 is 0 Å². The van der Waals surface area contributed by atoms with Gasteiger partial charge in [-0.1, -0.05) is 78.1 Å². The van der Waals surface area contributed by atoms with Crippen LogP contribution in [-0.4, -0.2) is 19.9 Å². The zero-order chi connectivity index (χ0) is 32.7. The number of H-pyrrole nitrogens is 1. The lowest BCUT2D eigenvalue weighted by atomic mass is 10.1. The van der Waals surface area contributed by atoms with Crippen molar-refractivity contribution in [2.45, 2.75) is 104 Å². The van der Waals surface area contributed by atoms with Crippen molar-refractivity contribution in [2.75, 3.05) is 0 Å². The Morgan fingerprint density at radius 3 is 1.83 bits per heavy atom. The zero-order valence-corrected chi connectivity index (χ0v) is 30.8. The fraction of sp³-hybridized carbons (Fsp3) is 0.390. The monoisotopic (exact) mass is 690 g/mol. The van der Waals surface area contributed by atoms with Crippen LogP contribution < -0.4 is 0 Å². The summed E-state index contributed by atoms with van der Waals surface area (Å²) < 4.78 is 0. The number of imidazole rings is 1. The topological polar surface area (TPSA) is 54.5 Å². The van der Waals surface area contributed by atoms with Gasteiger partial charge in [0.1, 0.15) is 5.82 Å². The molecule has 7 heteroatoms. The van der Waals surface area contributed by atoms with Crippen LogP contribution in [0.4, 0.5) is 0 Å². The van der Waals surface area contributed by atoms with Crippen molar-refractivity contribution in [1.29, 1.82) is 0 Å². The van der Waals surface area contributed by atoms with Crippen LogP contribution in [0, 0.1) is 0 Å². The molecule has 1 aromatic carbocycles. The number of aryl methyl sites for hydroxylation is 2. The number of unbranched alkanes of at least 4 members (excludes halogenated alkanes) is 10. The molecule has 0 saturated carbocycles. The summed E-state index contributed by atoms with van der Waals surface area (Å²) in [5.41, 5.74) is 5.13. The molecule has 248 valence electrons. The molecule has 48 heavy (non-hydrogen) atoms. The molecular formula is C41H46N4S3. The van der Waals surface area contributed by atoms with Gasteiger partial charge in [-0.2, -0.15) is 0 Å². The first-order chi connectivity index (χ1) is 23.7. The van der Waals surface area contributed by atoms with E-state index in [0.717, 1.165) is 38.7 Å². The lowest BCUT2D eigenvalue weighted by Crippen LogP contribution is -1.86.